The molecule has 1 saturated carbocycles. The van der Waals surface area contributed by atoms with Crippen LogP contribution in [0.2, 0.25) is 0 Å². The number of hydrogen-bond acceptors (Lipinski definition) is 8. The number of Topliss-reactive ketones (excluding diaryl/α,β-unsaturated/α-hetero) is 1. The van der Waals surface area contributed by atoms with E-state index < -0.39 is 35.3 Å². The highest BCUT2D eigenvalue weighted by Crippen LogP contribution is 2.54. The van der Waals surface area contributed by atoms with Crippen molar-refractivity contribution in [2.24, 2.45) is 17.3 Å². The molecule has 3 rings (SSSR count). The first kappa shape index (κ1) is 25.2. The fourth-order valence-electron chi connectivity index (χ4n) is 4.97. The van der Waals surface area contributed by atoms with E-state index in [1.54, 1.807) is 36.4 Å². The van der Waals surface area contributed by atoms with Crippen molar-refractivity contribution in [2.75, 3.05) is 35.5 Å². The van der Waals surface area contributed by atoms with Crippen LogP contribution in [0, 0.1) is 17.3 Å². The molecule has 182 valence electrons. The first-order valence-corrected chi connectivity index (χ1v) is 10.9. The van der Waals surface area contributed by atoms with Gasteiger partial charge in [-0.15, -0.1) is 0 Å². The molecule has 3 atom stereocenters. The van der Waals surface area contributed by atoms with Gasteiger partial charge in [0.1, 0.15) is 0 Å². The van der Waals surface area contributed by atoms with E-state index in [9.17, 15) is 14.4 Å². The van der Waals surface area contributed by atoms with Gasteiger partial charge in [-0.2, -0.15) is 0 Å². The minimum absolute atomic E-state index is 0.0302. The molecule has 0 heterocycles. The van der Waals surface area contributed by atoms with Crippen molar-refractivity contribution < 1.29 is 38.1 Å². The zero-order chi connectivity index (χ0) is 24.9. The fourth-order valence-corrected chi connectivity index (χ4v) is 4.97. The number of ether oxygens (including phenoxy) is 5. The summed E-state index contributed by atoms with van der Waals surface area (Å²) in [5.74, 6) is -1.80. The second-order valence-corrected chi connectivity index (χ2v) is 8.24. The van der Waals surface area contributed by atoms with Crippen molar-refractivity contribution in [1.82, 2.24) is 0 Å². The largest absolute Gasteiger partial charge is 0.493 e. The molecule has 0 aliphatic heterocycles. The Labute approximate surface area is 199 Å². The zero-order valence-electron chi connectivity index (χ0n) is 20.0. The summed E-state index contributed by atoms with van der Waals surface area (Å²) < 4.78 is 26.6. The number of rotatable bonds is 9. The monoisotopic (exact) mass is 470 g/mol. The van der Waals surface area contributed by atoms with Crippen LogP contribution in [0.5, 0.6) is 11.5 Å². The molecule has 2 aromatic rings. The van der Waals surface area contributed by atoms with Crippen molar-refractivity contribution in [3.63, 3.8) is 0 Å². The summed E-state index contributed by atoms with van der Waals surface area (Å²) in [4.78, 5) is 39.5. The SMILES string of the molecule is COC(=O)C1(C(=O)OC)C[C@H]([C@@H](OC)c2ccc(OC)c(OC)c2)[C@@H](C(=O)c2ccccc2)C1. The maximum Gasteiger partial charge on any atom is 0.323 e. The van der Waals surface area contributed by atoms with Crippen molar-refractivity contribution in [3.8, 4) is 11.5 Å². The number of benzene rings is 2. The van der Waals surface area contributed by atoms with Gasteiger partial charge in [0.05, 0.1) is 34.5 Å². The Balaban J connectivity index is 2.12. The highest BCUT2D eigenvalue weighted by atomic mass is 16.5. The first-order chi connectivity index (χ1) is 16.4. The lowest BCUT2D eigenvalue weighted by Gasteiger charge is -2.28. The van der Waals surface area contributed by atoms with Crippen LogP contribution in [0.1, 0.15) is 34.9 Å². The Kier molecular flexibility index (Phi) is 7.94. The predicted octanol–water partition coefficient (Wildman–Crippen LogP) is 3.63. The Hall–Kier alpha value is -3.39. The summed E-state index contributed by atoms with van der Waals surface area (Å²) in [6.45, 7) is 0. The summed E-state index contributed by atoms with van der Waals surface area (Å²) in [6.07, 6.45) is -0.631. The maximum absolute atomic E-state index is 13.6. The van der Waals surface area contributed by atoms with E-state index >= 15 is 0 Å². The summed E-state index contributed by atoms with van der Waals surface area (Å²) in [7, 11) is 7.03. The summed E-state index contributed by atoms with van der Waals surface area (Å²) in [5, 5.41) is 0. The standard InChI is InChI=1S/C26H30O8/c1-30-20-12-11-17(13-21(20)31-2)23(32-3)19-15-26(24(28)33-4,25(29)34-5)14-18(19)22(27)16-9-7-6-8-10-16/h6-13,18-19,23H,14-15H2,1-5H3/t18-,19-,23-/m0/s1. The van der Waals surface area contributed by atoms with Crippen LogP contribution in [0.15, 0.2) is 48.5 Å². The van der Waals surface area contributed by atoms with E-state index in [2.05, 4.69) is 0 Å². The Morgan fingerprint density at radius 2 is 1.44 bits per heavy atom. The van der Waals surface area contributed by atoms with E-state index in [1.165, 1.54) is 35.5 Å². The number of esters is 2. The number of carbonyl (C=O) groups is 3. The predicted molar refractivity (Wildman–Crippen MR) is 123 cm³/mol. The molecule has 1 fully saturated rings. The summed E-state index contributed by atoms with van der Waals surface area (Å²) in [6, 6.07) is 14.1. The lowest BCUT2D eigenvalue weighted by molar-refractivity contribution is -0.169. The van der Waals surface area contributed by atoms with Gasteiger partial charge in [-0.3, -0.25) is 14.4 Å². The lowest BCUT2D eigenvalue weighted by Crippen LogP contribution is -2.39. The third-order valence-electron chi connectivity index (χ3n) is 6.60. The molecule has 0 unspecified atom stereocenters. The second-order valence-electron chi connectivity index (χ2n) is 8.24. The number of carbonyl (C=O) groups excluding carboxylic acids is 3. The molecule has 2 aromatic carbocycles. The van der Waals surface area contributed by atoms with Gasteiger partial charge in [0, 0.05) is 24.5 Å². The van der Waals surface area contributed by atoms with Gasteiger partial charge in [0.15, 0.2) is 22.7 Å². The van der Waals surface area contributed by atoms with Crippen LogP contribution in [0.3, 0.4) is 0 Å². The average molecular weight is 471 g/mol. The van der Waals surface area contributed by atoms with Gasteiger partial charge in [-0.25, -0.2) is 0 Å². The minimum atomic E-state index is -1.61. The molecule has 8 nitrogen and oxygen atoms in total. The van der Waals surface area contributed by atoms with Crippen LogP contribution in [-0.2, 0) is 23.8 Å². The van der Waals surface area contributed by atoms with E-state index in [0.717, 1.165) is 5.56 Å². The Morgan fingerprint density at radius 3 is 1.97 bits per heavy atom. The maximum atomic E-state index is 13.6. The van der Waals surface area contributed by atoms with E-state index in [0.29, 0.717) is 17.1 Å². The smallest absolute Gasteiger partial charge is 0.323 e. The van der Waals surface area contributed by atoms with Crippen LogP contribution >= 0.6 is 0 Å². The molecule has 0 amide bonds. The molecule has 0 radical (unpaired) electrons. The van der Waals surface area contributed by atoms with Crippen LogP contribution in [-0.4, -0.2) is 53.3 Å². The van der Waals surface area contributed by atoms with Gasteiger partial charge in [-0.05, 0) is 30.5 Å². The third kappa shape index (κ3) is 4.50. The molecule has 34 heavy (non-hydrogen) atoms. The van der Waals surface area contributed by atoms with E-state index in [-0.39, 0.29) is 18.6 Å². The molecule has 0 saturated heterocycles. The van der Waals surface area contributed by atoms with Crippen molar-refractivity contribution in [2.45, 2.75) is 18.9 Å². The first-order valence-electron chi connectivity index (χ1n) is 10.9. The van der Waals surface area contributed by atoms with Gasteiger partial charge in [0.25, 0.3) is 0 Å². The number of hydrogen-bond donors (Lipinski definition) is 0. The van der Waals surface area contributed by atoms with E-state index in [1.807, 2.05) is 12.1 Å². The molecule has 0 N–H and O–H groups in total. The lowest BCUT2D eigenvalue weighted by atomic mass is 9.82. The average Bonchev–Trinajstić information content (AvgIpc) is 3.29. The van der Waals surface area contributed by atoms with Crippen molar-refractivity contribution in [3.05, 3.63) is 59.7 Å². The molecule has 0 bridgehead atoms. The minimum Gasteiger partial charge on any atom is -0.493 e. The molecule has 0 spiro atoms. The van der Waals surface area contributed by atoms with E-state index in [4.69, 9.17) is 23.7 Å². The van der Waals surface area contributed by atoms with Crippen molar-refractivity contribution >= 4 is 17.7 Å². The molecule has 1 aliphatic carbocycles. The number of methoxy groups -OCH3 is 5. The summed E-state index contributed by atoms with van der Waals surface area (Å²) >= 11 is 0. The number of ketones is 1. The quantitative estimate of drug-likeness (QED) is 0.311. The highest BCUT2D eigenvalue weighted by Gasteiger charge is 2.60. The van der Waals surface area contributed by atoms with Gasteiger partial charge >= 0.3 is 11.9 Å². The molecule has 0 aromatic heterocycles. The molecular weight excluding hydrogens is 440 g/mol. The van der Waals surface area contributed by atoms with Gasteiger partial charge in [0.2, 0.25) is 0 Å². The van der Waals surface area contributed by atoms with Gasteiger partial charge < -0.3 is 23.7 Å². The molecule has 1 aliphatic rings. The van der Waals surface area contributed by atoms with Gasteiger partial charge in [-0.1, -0.05) is 36.4 Å². The normalized spacial score (nSPS) is 19.7. The molecular formula is C26H30O8. The highest BCUT2D eigenvalue weighted by molar-refractivity contribution is 6.04. The van der Waals surface area contributed by atoms with Crippen molar-refractivity contribution in [1.29, 1.82) is 0 Å². The Morgan fingerprint density at radius 1 is 0.824 bits per heavy atom. The molecule has 8 heteroatoms. The Bertz CT molecular complexity index is 1020. The third-order valence-corrected chi connectivity index (χ3v) is 6.60. The second kappa shape index (κ2) is 10.7. The van der Waals surface area contributed by atoms with Crippen LogP contribution in [0.4, 0.5) is 0 Å². The zero-order valence-corrected chi connectivity index (χ0v) is 20.0. The fraction of sp³-hybridized carbons (Fsp3) is 0.423. The van der Waals surface area contributed by atoms with Crippen LogP contribution < -0.4 is 9.47 Å². The topological polar surface area (TPSA) is 97.4 Å². The summed E-state index contributed by atoms with van der Waals surface area (Å²) in [5.41, 5.74) is -0.400. The van der Waals surface area contributed by atoms with Crippen LogP contribution in [0.25, 0.3) is 0 Å².